The number of anilines is 1. The molecule has 8 heteroatoms. The van der Waals surface area contributed by atoms with E-state index in [0.717, 1.165) is 18.2 Å². The highest BCUT2D eigenvalue weighted by atomic mass is 19.4. The summed E-state index contributed by atoms with van der Waals surface area (Å²) in [5.74, 6) is -1.72. The van der Waals surface area contributed by atoms with Crippen molar-refractivity contribution in [3.63, 3.8) is 0 Å². The summed E-state index contributed by atoms with van der Waals surface area (Å²) in [4.78, 5) is 16.6. The summed E-state index contributed by atoms with van der Waals surface area (Å²) < 4.78 is 43.7. The lowest BCUT2D eigenvalue weighted by Gasteiger charge is -2.19. The van der Waals surface area contributed by atoms with Crippen LogP contribution in [0.1, 0.15) is 12.0 Å². The lowest BCUT2D eigenvalue weighted by molar-refractivity contribution is -0.137. The van der Waals surface area contributed by atoms with Gasteiger partial charge in [0.05, 0.1) is 18.4 Å². The average Bonchev–Trinajstić information content (AvgIpc) is 2.61. The molecule has 1 amide bonds. The number of aromatic nitrogens is 1. The Bertz CT molecular complexity index is 970. The zero-order valence-corrected chi connectivity index (χ0v) is 13.7. The molecule has 0 radical (unpaired) electrons. The average molecular weight is 364 g/mol. The van der Waals surface area contributed by atoms with Gasteiger partial charge in [0.1, 0.15) is 22.8 Å². The maximum Gasteiger partial charge on any atom is 0.416 e. The van der Waals surface area contributed by atoms with E-state index in [-0.39, 0.29) is 29.0 Å². The van der Waals surface area contributed by atoms with Gasteiger partial charge in [-0.1, -0.05) is 12.1 Å². The number of nitrogens with one attached hydrogen (secondary N) is 1. The van der Waals surface area contributed by atoms with Crippen LogP contribution in [-0.4, -0.2) is 23.1 Å². The van der Waals surface area contributed by atoms with Crippen molar-refractivity contribution in [2.24, 2.45) is 5.92 Å². The number of carbonyl (C=O) groups is 1. The number of methoxy groups -OCH3 is 1. The molecule has 1 atom stereocenters. The molecule has 2 N–H and O–H groups in total. The number of hydrogen-bond donors (Lipinski definition) is 2. The summed E-state index contributed by atoms with van der Waals surface area (Å²) in [6.07, 6.45) is -1.12. The predicted molar refractivity (Wildman–Crippen MR) is 88.7 cm³/mol. The number of amides is 1. The number of hydrogen-bond acceptors (Lipinski definition) is 4. The van der Waals surface area contributed by atoms with Crippen molar-refractivity contribution in [2.45, 2.75) is 12.6 Å². The lowest BCUT2D eigenvalue weighted by Crippen LogP contribution is -2.39. The van der Waals surface area contributed by atoms with E-state index in [1.807, 2.05) is 0 Å². The molecular weight excluding hydrogens is 349 g/mol. The van der Waals surface area contributed by atoms with Crippen LogP contribution in [0.25, 0.3) is 11.8 Å². The first-order valence-electron chi connectivity index (χ1n) is 7.71. The zero-order chi connectivity index (χ0) is 18.9. The van der Waals surface area contributed by atoms with Crippen molar-refractivity contribution in [2.75, 3.05) is 12.4 Å². The second kappa shape index (κ2) is 6.70. The van der Waals surface area contributed by atoms with Crippen LogP contribution in [0, 0.1) is 5.92 Å². The highest BCUT2D eigenvalue weighted by Crippen LogP contribution is 2.35. The Kier molecular flexibility index (Phi) is 4.58. The van der Waals surface area contributed by atoms with E-state index in [2.05, 4.69) is 10.3 Å². The highest BCUT2D eigenvalue weighted by Gasteiger charge is 2.32. The second-order valence-corrected chi connectivity index (χ2v) is 5.72. The summed E-state index contributed by atoms with van der Waals surface area (Å²) in [6.45, 7) is 0. The number of alkyl halides is 3. The van der Waals surface area contributed by atoms with Crippen LogP contribution in [0.15, 0.2) is 36.5 Å². The van der Waals surface area contributed by atoms with E-state index in [1.54, 1.807) is 18.2 Å². The van der Waals surface area contributed by atoms with Gasteiger partial charge in [0.25, 0.3) is 0 Å². The summed E-state index contributed by atoms with van der Waals surface area (Å²) >= 11 is 0. The second-order valence-electron chi connectivity index (χ2n) is 5.72. The smallest absolute Gasteiger partial charge is 0.416 e. The van der Waals surface area contributed by atoms with Crippen LogP contribution in [0.4, 0.5) is 18.9 Å². The Labute approximate surface area is 146 Å². The number of fused-ring (bicyclic) bond motifs is 1. The molecule has 5 nitrogen and oxygen atoms in total. The number of aliphatic hydroxyl groups is 1. The SMILES string of the molecule is COc1ccc(C(F)(F)F)cc1NC(=O)C1CC=c2cccnc2=C1O. The molecule has 1 unspecified atom stereocenters. The van der Waals surface area contributed by atoms with E-state index in [4.69, 9.17) is 4.74 Å². The van der Waals surface area contributed by atoms with Crippen molar-refractivity contribution in [3.8, 4) is 5.75 Å². The molecule has 1 aliphatic carbocycles. The summed E-state index contributed by atoms with van der Waals surface area (Å²) in [5.41, 5.74) is -1.03. The molecule has 0 spiro atoms. The van der Waals surface area contributed by atoms with Crippen LogP contribution >= 0.6 is 0 Å². The molecule has 1 aromatic carbocycles. The third-order valence-corrected chi connectivity index (χ3v) is 4.09. The fourth-order valence-corrected chi connectivity index (χ4v) is 2.75. The van der Waals surface area contributed by atoms with E-state index in [1.165, 1.54) is 13.3 Å². The van der Waals surface area contributed by atoms with Crippen LogP contribution in [0.5, 0.6) is 5.75 Å². The predicted octanol–water partition coefficient (Wildman–Crippen LogP) is 2.21. The van der Waals surface area contributed by atoms with E-state index in [9.17, 15) is 23.1 Å². The van der Waals surface area contributed by atoms with Crippen molar-refractivity contribution in [1.29, 1.82) is 0 Å². The molecule has 0 saturated carbocycles. The van der Waals surface area contributed by atoms with Crippen molar-refractivity contribution in [1.82, 2.24) is 4.98 Å². The summed E-state index contributed by atoms with van der Waals surface area (Å²) in [5, 5.41) is 13.7. The number of pyridine rings is 1. The molecule has 3 rings (SSSR count). The Morgan fingerprint density at radius 3 is 2.81 bits per heavy atom. The van der Waals surface area contributed by atoms with E-state index in [0.29, 0.717) is 5.22 Å². The van der Waals surface area contributed by atoms with Crippen LogP contribution in [-0.2, 0) is 11.0 Å². The number of aliphatic hydroxyl groups excluding tert-OH is 1. The van der Waals surface area contributed by atoms with Gasteiger partial charge in [-0.05, 0) is 35.9 Å². The quantitative estimate of drug-likeness (QED) is 0.876. The first kappa shape index (κ1) is 17.8. The molecule has 0 saturated heterocycles. The van der Waals surface area contributed by atoms with E-state index < -0.39 is 23.6 Å². The number of ether oxygens (including phenoxy) is 1. The maximum atomic E-state index is 12.9. The number of nitrogens with zero attached hydrogens (tertiary/aromatic N) is 1. The highest BCUT2D eigenvalue weighted by molar-refractivity contribution is 5.99. The van der Waals surface area contributed by atoms with E-state index >= 15 is 0 Å². The molecule has 136 valence electrons. The topological polar surface area (TPSA) is 71.5 Å². The molecule has 1 aliphatic rings. The van der Waals surface area contributed by atoms with Gasteiger partial charge >= 0.3 is 6.18 Å². The molecular formula is C18H15F3N2O3. The molecule has 1 aromatic heterocycles. The Morgan fingerprint density at radius 1 is 1.35 bits per heavy atom. The van der Waals surface area contributed by atoms with Gasteiger partial charge < -0.3 is 15.2 Å². The molecule has 0 aliphatic heterocycles. The summed E-state index contributed by atoms with van der Waals surface area (Å²) in [6, 6.07) is 6.25. The first-order chi connectivity index (χ1) is 12.3. The molecule has 2 aromatic rings. The van der Waals surface area contributed by atoms with Crippen molar-refractivity contribution < 1.29 is 27.8 Å². The number of carbonyl (C=O) groups excluding carboxylic acids is 1. The minimum atomic E-state index is -4.55. The van der Waals surface area contributed by atoms with Crippen LogP contribution in [0.2, 0.25) is 0 Å². The Morgan fingerprint density at radius 2 is 2.12 bits per heavy atom. The van der Waals surface area contributed by atoms with Gasteiger partial charge in [0, 0.05) is 6.20 Å². The third-order valence-electron chi connectivity index (χ3n) is 4.09. The largest absolute Gasteiger partial charge is 0.509 e. The van der Waals surface area contributed by atoms with Gasteiger partial charge in [0.2, 0.25) is 5.91 Å². The van der Waals surface area contributed by atoms with Gasteiger partial charge in [-0.25, -0.2) is 0 Å². The maximum absolute atomic E-state index is 12.9. The molecule has 1 heterocycles. The Balaban J connectivity index is 1.92. The minimum absolute atomic E-state index is 0.0872. The van der Waals surface area contributed by atoms with Crippen molar-refractivity contribution >= 4 is 23.4 Å². The normalized spacial score (nSPS) is 16.5. The number of rotatable bonds is 3. The van der Waals surface area contributed by atoms with Gasteiger partial charge in [-0.15, -0.1) is 0 Å². The fourth-order valence-electron chi connectivity index (χ4n) is 2.75. The number of benzene rings is 1. The minimum Gasteiger partial charge on any atom is -0.509 e. The monoisotopic (exact) mass is 364 g/mol. The third kappa shape index (κ3) is 3.35. The summed E-state index contributed by atoms with van der Waals surface area (Å²) in [7, 11) is 1.29. The first-order valence-corrected chi connectivity index (χ1v) is 7.71. The number of halogens is 3. The Hall–Kier alpha value is -3.03. The zero-order valence-electron chi connectivity index (χ0n) is 13.7. The van der Waals surface area contributed by atoms with Gasteiger partial charge in [-0.2, -0.15) is 13.2 Å². The van der Waals surface area contributed by atoms with Gasteiger partial charge in [0.15, 0.2) is 0 Å². The molecule has 0 bridgehead atoms. The fraction of sp³-hybridized carbons (Fsp3) is 0.222. The van der Waals surface area contributed by atoms with Gasteiger partial charge in [-0.3, -0.25) is 9.78 Å². The molecule has 0 fully saturated rings. The molecule has 26 heavy (non-hydrogen) atoms. The van der Waals surface area contributed by atoms with Crippen LogP contribution in [0.3, 0.4) is 0 Å². The van der Waals surface area contributed by atoms with Crippen molar-refractivity contribution in [3.05, 3.63) is 52.7 Å². The lowest BCUT2D eigenvalue weighted by atomic mass is 9.96. The standard InChI is InChI=1S/C18H15F3N2O3/c1-26-14-7-5-11(18(19,20)21)9-13(14)23-17(25)12-6-4-10-3-2-8-22-15(10)16(12)24/h2-5,7-9,12,24H,6H2,1H3,(H,23,25). The van der Waals surface area contributed by atoms with Crippen LogP contribution < -0.4 is 20.6 Å².